The quantitative estimate of drug-likeness (QED) is 0.586. The number of phenolic OH excluding ortho intramolecular Hbond substituents is 1. The van der Waals surface area contributed by atoms with Gasteiger partial charge < -0.3 is 14.7 Å². The van der Waals surface area contributed by atoms with Crippen LogP contribution in [0.2, 0.25) is 0 Å². The number of phenols is 1. The van der Waals surface area contributed by atoms with Crippen LogP contribution in [0, 0.1) is 0 Å². The van der Waals surface area contributed by atoms with Crippen molar-refractivity contribution in [1.82, 2.24) is 0 Å². The maximum absolute atomic E-state index is 11.7. The number of ether oxygens (including phenoxy) is 1. The lowest BCUT2D eigenvalue weighted by atomic mass is 9.85. The van der Waals surface area contributed by atoms with Crippen molar-refractivity contribution in [2.75, 3.05) is 11.9 Å². The molecule has 0 heterocycles. The summed E-state index contributed by atoms with van der Waals surface area (Å²) >= 11 is 0. The first-order valence-corrected chi connectivity index (χ1v) is 6.70. The lowest BCUT2D eigenvalue weighted by molar-refractivity contribution is 0.0635. The van der Waals surface area contributed by atoms with Gasteiger partial charge in [0.2, 0.25) is 0 Å². The highest BCUT2D eigenvalue weighted by atomic mass is 16.6. The molecule has 0 unspecified atom stereocenters. The topological polar surface area (TPSA) is 93.8 Å². The van der Waals surface area contributed by atoms with Crippen LogP contribution in [0.1, 0.15) is 40.2 Å². The molecular formula is C15H24N2O4. The number of aromatic hydroxyl groups is 1. The number of carbonyl (C=O) groups is 1. The minimum absolute atomic E-state index is 0.0385. The Balaban J connectivity index is 2.86. The van der Waals surface area contributed by atoms with Crippen molar-refractivity contribution < 1.29 is 19.5 Å². The highest BCUT2D eigenvalue weighted by Gasteiger charge is 2.23. The van der Waals surface area contributed by atoms with Gasteiger partial charge in [-0.25, -0.2) is 10.7 Å². The molecule has 1 aromatic rings. The molecule has 0 radical (unpaired) electrons. The summed E-state index contributed by atoms with van der Waals surface area (Å²) in [5.74, 6) is 5.07. The fourth-order valence-corrected chi connectivity index (χ4v) is 1.76. The second kappa shape index (κ2) is 6.32. The molecule has 1 rings (SSSR count). The van der Waals surface area contributed by atoms with E-state index in [1.807, 2.05) is 13.8 Å². The van der Waals surface area contributed by atoms with E-state index in [0.29, 0.717) is 6.61 Å². The first-order chi connectivity index (χ1) is 9.55. The van der Waals surface area contributed by atoms with Gasteiger partial charge in [-0.1, -0.05) is 19.9 Å². The molecule has 1 aromatic carbocycles. The van der Waals surface area contributed by atoms with Crippen molar-refractivity contribution in [2.24, 2.45) is 5.90 Å². The minimum Gasteiger partial charge on any atom is -0.506 e. The molecule has 0 aliphatic carbocycles. The Kier molecular flexibility index (Phi) is 5.20. The highest BCUT2D eigenvalue weighted by Crippen LogP contribution is 2.31. The average Bonchev–Trinajstić information content (AvgIpc) is 2.29. The first-order valence-electron chi connectivity index (χ1n) is 6.70. The summed E-state index contributed by atoms with van der Waals surface area (Å²) in [6, 6.07) is 4.99. The van der Waals surface area contributed by atoms with Gasteiger partial charge in [0.15, 0.2) is 0 Å². The number of hydrogen-bond donors (Lipinski definition) is 3. The van der Waals surface area contributed by atoms with E-state index in [-0.39, 0.29) is 16.9 Å². The van der Waals surface area contributed by atoms with Gasteiger partial charge >= 0.3 is 6.09 Å². The third kappa shape index (κ3) is 5.24. The number of benzene rings is 1. The molecule has 0 aromatic heterocycles. The smallest absolute Gasteiger partial charge is 0.412 e. The Morgan fingerprint density at radius 3 is 2.38 bits per heavy atom. The summed E-state index contributed by atoms with van der Waals surface area (Å²) in [6.45, 7) is 9.50. The van der Waals surface area contributed by atoms with E-state index in [2.05, 4.69) is 10.2 Å². The van der Waals surface area contributed by atoms with E-state index in [4.69, 9.17) is 10.6 Å². The van der Waals surface area contributed by atoms with Crippen LogP contribution in [-0.4, -0.2) is 23.4 Å². The van der Waals surface area contributed by atoms with E-state index in [1.165, 1.54) is 0 Å². The second-order valence-corrected chi connectivity index (χ2v) is 6.55. The molecule has 118 valence electrons. The van der Waals surface area contributed by atoms with Crippen molar-refractivity contribution in [2.45, 2.75) is 45.6 Å². The van der Waals surface area contributed by atoms with Gasteiger partial charge in [-0.15, -0.1) is 0 Å². The lowest BCUT2D eigenvalue weighted by Gasteiger charge is -2.24. The molecule has 0 atom stereocenters. The van der Waals surface area contributed by atoms with Crippen molar-refractivity contribution in [3.63, 3.8) is 0 Å². The molecule has 6 heteroatoms. The van der Waals surface area contributed by atoms with Gasteiger partial charge in [-0.05, 0) is 38.5 Å². The number of nitrogens with one attached hydrogen (secondary N) is 1. The van der Waals surface area contributed by atoms with Crippen molar-refractivity contribution >= 4 is 11.8 Å². The molecule has 21 heavy (non-hydrogen) atoms. The lowest BCUT2D eigenvalue weighted by Crippen LogP contribution is -2.27. The standard InChI is InChI=1S/C15H24N2O4/c1-14(2,3)21-13(19)17-11-7-6-10(8-12(11)18)15(4,5)9-20-16/h6-8,18H,9,16H2,1-5H3,(H,17,19). The van der Waals surface area contributed by atoms with Crippen LogP contribution < -0.4 is 11.2 Å². The summed E-state index contributed by atoms with van der Waals surface area (Å²) in [4.78, 5) is 16.4. The van der Waals surface area contributed by atoms with E-state index >= 15 is 0 Å². The molecule has 0 fully saturated rings. The monoisotopic (exact) mass is 296 g/mol. The zero-order chi connectivity index (χ0) is 16.3. The van der Waals surface area contributed by atoms with Crippen LogP contribution in [0.3, 0.4) is 0 Å². The van der Waals surface area contributed by atoms with Crippen LogP contribution in [0.25, 0.3) is 0 Å². The van der Waals surface area contributed by atoms with Gasteiger partial charge in [0, 0.05) is 5.41 Å². The van der Waals surface area contributed by atoms with Crippen LogP contribution in [0.5, 0.6) is 5.75 Å². The van der Waals surface area contributed by atoms with Crippen LogP contribution >= 0.6 is 0 Å². The van der Waals surface area contributed by atoms with Gasteiger partial charge in [-0.2, -0.15) is 0 Å². The van der Waals surface area contributed by atoms with E-state index in [1.54, 1.807) is 39.0 Å². The number of carbonyl (C=O) groups excluding carboxylic acids is 1. The molecule has 1 amide bonds. The number of rotatable bonds is 4. The van der Waals surface area contributed by atoms with E-state index < -0.39 is 11.7 Å². The van der Waals surface area contributed by atoms with Crippen molar-refractivity contribution in [3.8, 4) is 5.75 Å². The number of amides is 1. The van der Waals surface area contributed by atoms with Crippen molar-refractivity contribution in [3.05, 3.63) is 23.8 Å². The summed E-state index contributed by atoms with van der Waals surface area (Å²) in [7, 11) is 0. The Hall–Kier alpha value is -1.79. The SMILES string of the molecule is CC(C)(C)OC(=O)Nc1ccc(C(C)(C)CON)cc1O. The summed E-state index contributed by atoms with van der Waals surface area (Å²) in [5.41, 5.74) is 0.189. The number of hydrogen-bond acceptors (Lipinski definition) is 5. The predicted molar refractivity (Wildman–Crippen MR) is 81.1 cm³/mol. The van der Waals surface area contributed by atoms with Crippen LogP contribution in [0.15, 0.2) is 18.2 Å². The maximum Gasteiger partial charge on any atom is 0.412 e. The highest BCUT2D eigenvalue weighted by molar-refractivity contribution is 5.87. The fourth-order valence-electron chi connectivity index (χ4n) is 1.76. The van der Waals surface area contributed by atoms with Crippen LogP contribution in [-0.2, 0) is 15.0 Å². The molecular weight excluding hydrogens is 272 g/mol. The molecule has 0 spiro atoms. The largest absolute Gasteiger partial charge is 0.506 e. The van der Waals surface area contributed by atoms with Crippen LogP contribution in [0.4, 0.5) is 10.5 Å². The molecule has 0 aliphatic rings. The fraction of sp³-hybridized carbons (Fsp3) is 0.533. The molecule has 4 N–H and O–H groups in total. The second-order valence-electron chi connectivity index (χ2n) is 6.55. The Labute approximate surface area is 125 Å². The summed E-state index contributed by atoms with van der Waals surface area (Å²) in [5, 5.41) is 12.5. The predicted octanol–water partition coefficient (Wildman–Crippen LogP) is 2.91. The molecule has 0 saturated carbocycles. The molecule has 0 saturated heterocycles. The van der Waals surface area contributed by atoms with Gasteiger partial charge in [0.05, 0.1) is 12.3 Å². The molecule has 0 bridgehead atoms. The Morgan fingerprint density at radius 1 is 1.29 bits per heavy atom. The zero-order valence-electron chi connectivity index (χ0n) is 13.2. The average molecular weight is 296 g/mol. The number of nitrogens with two attached hydrogens (primary N) is 1. The number of anilines is 1. The van der Waals surface area contributed by atoms with E-state index in [0.717, 1.165) is 5.56 Å². The molecule has 0 aliphatic heterocycles. The third-order valence-corrected chi connectivity index (χ3v) is 2.86. The Morgan fingerprint density at radius 2 is 1.90 bits per heavy atom. The van der Waals surface area contributed by atoms with Gasteiger partial charge in [0.25, 0.3) is 0 Å². The minimum atomic E-state index is -0.616. The summed E-state index contributed by atoms with van der Waals surface area (Å²) in [6.07, 6.45) is -0.616. The third-order valence-electron chi connectivity index (χ3n) is 2.86. The first kappa shape index (κ1) is 17.3. The van der Waals surface area contributed by atoms with E-state index in [9.17, 15) is 9.90 Å². The Bertz CT molecular complexity index is 507. The van der Waals surface area contributed by atoms with Gasteiger partial charge in [0.1, 0.15) is 11.4 Å². The van der Waals surface area contributed by atoms with Crippen molar-refractivity contribution in [1.29, 1.82) is 0 Å². The normalized spacial score (nSPS) is 12.1. The summed E-state index contributed by atoms with van der Waals surface area (Å²) < 4.78 is 5.14. The molecule has 6 nitrogen and oxygen atoms in total. The maximum atomic E-state index is 11.7. The zero-order valence-corrected chi connectivity index (χ0v) is 13.2. The van der Waals surface area contributed by atoms with Gasteiger partial charge in [-0.3, -0.25) is 5.32 Å².